The molecule has 0 N–H and O–H groups in total. The summed E-state index contributed by atoms with van der Waals surface area (Å²) < 4.78 is 6.51. The lowest BCUT2D eigenvalue weighted by atomic mass is 9.59. The van der Waals surface area contributed by atoms with Gasteiger partial charge in [-0.1, -0.05) is 137 Å². The summed E-state index contributed by atoms with van der Waals surface area (Å²) in [6, 6.07) is 45.1. The maximum atomic E-state index is 7.07. The zero-order valence-corrected chi connectivity index (χ0v) is 30.7. The van der Waals surface area contributed by atoms with E-state index in [1.165, 1.54) is 0 Å². The predicted molar refractivity (Wildman–Crippen MR) is 251 cm³/mol. The largest absolute Gasteiger partial charge is 0.456 e. The van der Waals surface area contributed by atoms with Crippen LogP contribution >= 0.6 is 0 Å². The lowest BCUT2D eigenvalue weighted by Gasteiger charge is -2.28. The second-order valence-corrected chi connectivity index (χ2v) is 14.6. The Bertz CT molecular complexity index is 3220. The molecule has 10 aromatic rings. The van der Waals surface area contributed by atoms with Gasteiger partial charge in [-0.2, -0.15) is 0 Å². The van der Waals surface area contributed by atoms with Crippen LogP contribution in [0.4, 0.5) is 0 Å². The van der Waals surface area contributed by atoms with Gasteiger partial charge in [0.05, 0.1) is 0 Å². The average Bonchev–Trinajstić information content (AvgIpc) is 3.62. The molecular formula is C48H22B8O. The molecule has 16 radical (unpaired) electrons. The molecule has 1 heterocycles. The summed E-state index contributed by atoms with van der Waals surface area (Å²) in [6.07, 6.45) is 0. The third kappa shape index (κ3) is 5.35. The van der Waals surface area contributed by atoms with Gasteiger partial charge in [0.15, 0.2) is 0 Å². The topological polar surface area (TPSA) is 13.1 Å². The first-order valence-corrected chi connectivity index (χ1v) is 18.5. The Balaban J connectivity index is 1.30. The first-order valence-electron chi connectivity index (χ1n) is 18.5. The molecule has 0 saturated heterocycles. The Labute approximate surface area is 341 Å². The van der Waals surface area contributed by atoms with E-state index in [2.05, 4.69) is 66.7 Å². The lowest BCUT2D eigenvalue weighted by molar-refractivity contribution is 0.669. The van der Waals surface area contributed by atoms with E-state index in [1.54, 1.807) is 0 Å². The van der Waals surface area contributed by atoms with E-state index in [0.29, 0.717) is 38.3 Å². The fraction of sp³-hybridized carbons (Fsp3) is 0. The van der Waals surface area contributed by atoms with Gasteiger partial charge in [0, 0.05) is 10.8 Å². The zero-order chi connectivity index (χ0) is 39.3. The molecule has 0 atom stereocenters. The normalized spacial score (nSPS) is 11.7. The standard InChI is InChI=1S/C48H22B8O/c49-41-37-34(27-19-17-26(18-20-27)25-15-13-24(14-16-25)23-7-2-1-3-8-23)38-40(44(52)48(56)46(54)42(38)50)36(39(37)43(51)47(55)45(41)53)30-11-6-12-32-35(30)31-21-28-9-4-5-10-29(28)22-33(31)57-32/h1-22H. The van der Waals surface area contributed by atoms with Crippen LogP contribution in [0.25, 0.3) is 98.8 Å². The van der Waals surface area contributed by atoms with Crippen LogP contribution in [0.15, 0.2) is 138 Å². The molecule has 9 aromatic carbocycles. The molecule has 9 heteroatoms. The number of hydrogen-bond donors (Lipinski definition) is 0. The SMILES string of the molecule is [B]c1c([B])c([B])c2c(-c3cccc4oc5cc6ccccc6cc5c34)c3c([B])c([B])c([B])c([B])c3c(-c3ccc(-c4ccc(-c5ccccc5)cc4)cc3)c2c1[B]. The Morgan fingerprint density at radius 2 is 0.719 bits per heavy atom. The summed E-state index contributed by atoms with van der Waals surface area (Å²) in [6.45, 7) is 0. The highest BCUT2D eigenvalue weighted by molar-refractivity contribution is 6.71. The third-order valence-electron chi connectivity index (χ3n) is 11.5. The van der Waals surface area contributed by atoms with E-state index in [4.69, 9.17) is 67.2 Å². The molecule has 10 rings (SSSR count). The lowest BCUT2D eigenvalue weighted by Crippen LogP contribution is -2.50. The molecule has 0 spiro atoms. The quantitative estimate of drug-likeness (QED) is 0.200. The minimum Gasteiger partial charge on any atom is -0.456 e. The van der Waals surface area contributed by atoms with Crippen molar-refractivity contribution in [1.29, 1.82) is 0 Å². The van der Waals surface area contributed by atoms with Gasteiger partial charge in [0.1, 0.15) is 73.9 Å². The summed E-state index contributed by atoms with van der Waals surface area (Å²) in [5, 5.41) is 6.10. The van der Waals surface area contributed by atoms with Crippen molar-refractivity contribution in [2.45, 2.75) is 0 Å². The minimum absolute atomic E-state index is 0.158. The monoisotopic (exact) mass is 702 g/mol. The van der Waals surface area contributed by atoms with Crippen molar-refractivity contribution >= 4 is 161 Å². The van der Waals surface area contributed by atoms with Crippen molar-refractivity contribution in [2.75, 3.05) is 0 Å². The molecule has 0 amide bonds. The molecule has 0 saturated carbocycles. The third-order valence-corrected chi connectivity index (χ3v) is 11.5. The van der Waals surface area contributed by atoms with Crippen LogP contribution < -0.4 is 43.7 Å². The molecule has 57 heavy (non-hydrogen) atoms. The van der Waals surface area contributed by atoms with E-state index >= 15 is 0 Å². The first kappa shape index (κ1) is 35.5. The maximum Gasteiger partial charge on any atom is 0.136 e. The number of hydrogen-bond acceptors (Lipinski definition) is 1. The van der Waals surface area contributed by atoms with Crippen LogP contribution in [0.1, 0.15) is 0 Å². The van der Waals surface area contributed by atoms with Crippen molar-refractivity contribution < 1.29 is 4.42 Å². The number of benzene rings is 9. The van der Waals surface area contributed by atoms with Crippen LogP contribution in [-0.2, 0) is 0 Å². The molecule has 0 bridgehead atoms. The number of rotatable bonds is 4. The van der Waals surface area contributed by atoms with Gasteiger partial charge < -0.3 is 4.42 Å². The fourth-order valence-electron chi connectivity index (χ4n) is 8.54. The van der Waals surface area contributed by atoms with Crippen LogP contribution in [0.3, 0.4) is 0 Å². The Morgan fingerprint density at radius 3 is 1.23 bits per heavy atom. The molecule has 0 aliphatic rings. The van der Waals surface area contributed by atoms with E-state index in [0.717, 1.165) is 60.5 Å². The summed E-state index contributed by atoms with van der Waals surface area (Å²) in [7, 11) is 54.9. The number of furan rings is 1. The molecule has 1 nitrogen and oxygen atoms in total. The second kappa shape index (κ2) is 13.3. The highest BCUT2D eigenvalue weighted by Gasteiger charge is 2.26. The van der Waals surface area contributed by atoms with Crippen LogP contribution in [-0.4, -0.2) is 62.8 Å². The first-order chi connectivity index (χ1) is 27.6. The highest BCUT2D eigenvalue weighted by Crippen LogP contribution is 2.45. The van der Waals surface area contributed by atoms with Gasteiger partial charge in [-0.25, -0.2) is 0 Å². The van der Waals surface area contributed by atoms with Gasteiger partial charge >= 0.3 is 0 Å². The van der Waals surface area contributed by atoms with Gasteiger partial charge in [0.25, 0.3) is 0 Å². The smallest absolute Gasteiger partial charge is 0.136 e. The van der Waals surface area contributed by atoms with Gasteiger partial charge in [-0.3, -0.25) is 0 Å². The van der Waals surface area contributed by atoms with Crippen LogP contribution in [0.2, 0.25) is 0 Å². The van der Waals surface area contributed by atoms with E-state index in [-0.39, 0.29) is 43.7 Å². The molecular weight excluding hydrogens is 679 g/mol. The summed E-state index contributed by atoms with van der Waals surface area (Å²) in [5.74, 6) is 0. The fourth-order valence-corrected chi connectivity index (χ4v) is 8.54. The molecule has 0 fully saturated rings. The van der Waals surface area contributed by atoms with Crippen molar-refractivity contribution in [3.63, 3.8) is 0 Å². The molecule has 0 aliphatic carbocycles. The van der Waals surface area contributed by atoms with E-state index < -0.39 is 0 Å². The predicted octanol–water partition coefficient (Wildman–Crippen LogP) is 4.06. The van der Waals surface area contributed by atoms with Gasteiger partial charge in [-0.05, 0) is 95.0 Å². The Hall–Kier alpha value is -5.92. The Morgan fingerprint density at radius 1 is 0.298 bits per heavy atom. The van der Waals surface area contributed by atoms with E-state index in [9.17, 15) is 0 Å². The summed E-state index contributed by atoms with van der Waals surface area (Å²) >= 11 is 0. The summed E-state index contributed by atoms with van der Waals surface area (Å²) in [5.41, 5.74) is 10.2. The molecule has 0 unspecified atom stereocenters. The zero-order valence-electron chi connectivity index (χ0n) is 30.7. The summed E-state index contributed by atoms with van der Waals surface area (Å²) in [4.78, 5) is 0. The highest BCUT2D eigenvalue weighted by atomic mass is 16.3. The van der Waals surface area contributed by atoms with Crippen LogP contribution in [0.5, 0.6) is 0 Å². The molecule has 244 valence electrons. The molecule has 0 aliphatic heterocycles. The Kier molecular flexibility index (Phi) is 8.31. The number of fused-ring (bicyclic) bond motifs is 6. The van der Waals surface area contributed by atoms with Crippen molar-refractivity contribution in [2.24, 2.45) is 0 Å². The van der Waals surface area contributed by atoms with Gasteiger partial charge in [-0.15, -0.1) is 21.9 Å². The van der Waals surface area contributed by atoms with Crippen LogP contribution in [0, 0.1) is 0 Å². The second-order valence-electron chi connectivity index (χ2n) is 14.6. The molecule has 1 aromatic heterocycles. The minimum atomic E-state index is 0.158. The van der Waals surface area contributed by atoms with Gasteiger partial charge in [0.2, 0.25) is 0 Å². The van der Waals surface area contributed by atoms with E-state index in [1.807, 2.05) is 66.7 Å². The van der Waals surface area contributed by atoms with Crippen molar-refractivity contribution in [3.8, 4) is 44.5 Å². The maximum absolute atomic E-state index is 7.07. The van der Waals surface area contributed by atoms with Crippen molar-refractivity contribution in [3.05, 3.63) is 133 Å². The average molecular weight is 701 g/mol. The van der Waals surface area contributed by atoms with Crippen molar-refractivity contribution in [1.82, 2.24) is 0 Å².